The third kappa shape index (κ3) is 2.58. The van der Waals surface area contributed by atoms with E-state index < -0.39 is 0 Å². The SMILES string of the molecule is N#Cc1cc(N)c(N=Cc2ccccc2O)cc1C#N. The summed E-state index contributed by atoms with van der Waals surface area (Å²) in [5, 5.41) is 27.5. The molecule has 20 heavy (non-hydrogen) atoms. The summed E-state index contributed by atoms with van der Waals surface area (Å²) in [6.45, 7) is 0. The lowest BCUT2D eigenvalue weighted by molar-refractivity contribution is 0.474. The van der Waals surface area contributed by atoms with E-state index in [1.54, 1.807) is 24.3 Å². The first kappa shape index (κ1) is 13.1. The van der Waals surface area contributed by atoms with Crippen LogP contribution in [0.4, 0.5) is 11.4 Å². The van der Waals surface area contributed by atoms with Gasteiger partial charge in [0.15, 0.2) is 0 Å². The summed E-state index contributed by atoms with van der Waals surface area (Å²) in [5.74, 6) is 0.101. The largest absolute Gasteiger partial charge is 0.507 e. The summed E-state index contributed by atoms with van der Waals surface area (Å²) in [5.41, 5.74) is 7.43. The molecule has 3 N–H and O–H groups in total. The van der Waals surface area contributed by atoms with Crippen molar-refractivity contribution < 1.29 is 5.11 Å². The number of aromatic hydroxyl groups is 1. The van der Waals surface area contributed by atoms with Gasteiger partial charge in [0.2, 0.25) is 0 Å². The molecule has 0 aromatic heterocycles. The van der Waals surface area contributed by atoms with Crippen molar-refractivity contribution in [2.45, 2.75) is 0 Å². The minimum absolute atomic E-state index is 0.101. The Balaban J connectivity index is 2.43. The van der Waals surface area contributed by atoms with E-state index in [0.29, 0.717) is 16.9 Å². The summed E-state index contributed by atoms with van der Waals surface area (Å²) in [6.07, 6.45) is 1.45. The van der Waals surface area contributed by atoms with Crippen LogP contribution in [0.3, 0.4) is 0 Å². The monoisotopic (exact) mass is 262 g/mol. The lowest BCUT2D eigenvalue weighted by Gasteiger charge is -2.03. The second-order valence-electron chi connectivity index (χ2n) is 4.00. The standard InChI is InChI=1S/C15H10N4O/c16-7-11-5-13(18)14(6-12(11)8-17)19-9-10-3-1-2-4-15(10)20/h1-6,9,20H,18H2. The van der Waals surface area contributed by atoms with Crippen molar-refractivity contribution in [2.24, 2.45) is 4.99 Å². The number of anilines is 1. The van der Waals surface area contributed by atoms with E-state index >= 15 is 0 Å². The first-order valence-electron chi connectivity index (χ1n) is 5.71. The third-order valence-electron chi connectivity index (χ3n) is 2.69. The van der Waals surface area contributed by atoms with Crippen LogP contribution in [0.2, 0.25) is 0 Å². The van der Waals surface area contributed by atoms with Crippen LogP contribution in [-0.4, -0.2) is 11.3 Å². The Morgan fingerprint density at radius 3 is 2.40 bits per heavy atom. The highest BCUT2D eigenvalue weighted by Crippen LogP contribution is 2.26. The molecule has 0 saturated carbocycles. The second kappa shape index (κ2) is 5.55. The number of nitriles is 2. The maximum absolute atomic E-state index is 9.62. The Labute approximate surface area is 115 Å². The molecule has 0 atom stereocenters. The van der Waals surface area contributed by atoms with E-state index in [1.807, 2.05) is 12.1 Å². The fourth-order valence-electron chi connectivity index (χ4n) is 1.64. The Bertz CT molecular complexity index is 766. The molecule has 0 fully saturated rings. The van der Waals surface area contributed by atoms with Gasteiger partial charge in [0.1, 0.15) is 17.9 Å². The molecule has 0 unspecified atom stereocenters. The number of para-hydroxylation sites is 1. The molecule has 2 aromatic carbocycles. The van der Waals surface area contributed by atoms with Gasteiger partial charge >= 0.3 is 0 Å². The van der Waals surface area contributed by atoms with Crippen molar-refractivity contribution in [3.05, 3.63) is 53.1 Å². The molecule has 2 rings (SSSR count). The van der Waals surface area contributed by atoms with Crippen molar-refractivity contribution in [3.63, 3.8) is 0 Å². The van der Waals surface area contributed by atoms with Crippen molar-refractivity contribution >= 4 is 17.6 Å². The van der Waals surface area contributed by atoms with E-state index in [2.05, 4.69) is 4.99 Å². The maximum Gasteiger partial charge on any atom is 0.124 e. The molecule has 0 saturated heterocycles. The van der Waals surface area contributed by atoms with Gasteiger partial charge in [0.05, 0.1) is 22.5 Å². The molecule has 0 bridgehead atoms. The number of benzene rings is 2. The number of hydrogen-bond acceptors (Lipinski definition) is 5. The van der Waals surface area contributed by atoms with Crippen molar-refractivity contribution in [2.75, 3.05) is 5.73 Å². The number of nitrogen functional groups attached to an aromatic ring is 1. The molecule has 96 valence electrons. The Hall–Kier alpha value is -3.31. The topological polar surface area (TPSA) is 106 Å². The zero-order valence-electron chi connectivity index (χ0n) is 10.4. The van der Waals surface area contributed by atoms with Crippen LogP contribution in [-0.2, 0) is 0 Å². The van der Waals surface area contributed by atoms with E-state index in [4.69, 9.17) is 16.3 Å². The number of phenols is 1. The third-order valence-corrected chi connectivity index (χ3v) is 2.69. The van der Waals surface area contributed by atoms with E-state index in [0.717, 1.165) is 0 Å². The first-order chi connectivity index (χ1) is 9.65. The fourth-order valence-corrected chi connectivity index (χ4v) is 1.64. The van der Waals surface area contributed by atoms with Gasteiger partial charge in [-0.15, -0.1) is 0 Å². The zero-order valence-corrected chi connectivity index (χ0v) is 10.4. The molecule has 0 radical (unpaired) electrons. The maximum atomic E-state index is 9.62. The van der Waals surface area contributed by atoms with Crippen molar-refractivity contribution in [1.82, 2.24) is 0 Å². The average molecular weight is 262 g/mol. The number of phenolic OH excluding ortho intramolecular Hbond substituents is 1. The molecular weight excluding hydrogens is 252 g/mol. The van der Waals surface area contributed by atoms with E-state index in [1.165, 1.54) is 18.3 Å². The van der Waals surface area contributed by atoms with Crippen LogP contribution in [0.5, 0.6) is 5.75 Å². The van der Waals surface area contributed by atoms with Gasteiger partial charge < -0.3 is 10.8 Å². The van der Waals surface area contributed by atoms with Crippen LogP contribution in [0.15, 0.2) is 41.4 Å². The number of nitrogens with two attached hydrogens (primary N) is 1. The molecule has 0 aliphatic heterocycles. The number of nitrogens with zero attached hydrogens (tertiary/aromatic N) is 3. The zero-order chi connectivity index (χ0) is 14.5. The van der Waals surface area contributed by atoms with Gasteiger partial charge in [-0.3, -0.25) is 4.99 Å². The van der Waals surface area contributed by atoms with Gasteiger partial charge in [-0.2, -0.15) is 10.5 Å². The highest BCUT2D eigenvalue weighted by Gasteiger charge is 2.06. The lowest BCUT2D eigenvalue weighted by Crippen LogP contribution is -1.91. The fraction of sp³-hybridized carbons (Fsp3) is 0. The predicted molar refractivity (Wildman–Crippen MR) is 75.6 cm³/mol. The van der Waals surface area contributed by atoms with Gasteiger partial charge in [-0.05, 0) is 24.3 Å². The van der Waals surface area contributed by atoms with Gasteiger partial charge in [-0.1, -0.05) is 12.1 Å². The summed E-state index contributed by atoms with van der Waals surface area (Å²) < 4.78 is 0. The quantitative estimate of drug-likeness (QED) is 0.640. The Morgan fingerprint density at radius 2 is 1.75 bits per heavy atom. The minimum Gasteiger partial charge on any atom is -0.507 e. The van der Waals surface area contributed by atoms with Crippen LogP contribution in [0, 0.1) is 22.7 Å². The number of hydrogen-bond donors (Lipinski definition) is 2. The highest BCUT2D eigenvalue weighted by molar-refractivity contribution is 5.87. The average Bonchev–Trinajstić information content (AvgIpc) is 2.47. The van der Waals surface area contributed by atoms with Crippen LogP contribution in [0.1, 0.15) is 16.7 Å². The van der Waals surface area contributed by atoms with E-state index in [-0.39, 0.29) is 16.9 Å². The molecule has 0 heterocycles. The Kier molecular flexibility index (Phi) is 3.65. The molecule has 0 amide bonds. The van der Waals surface area contributed by atoms with Crippen LogP contribution >= 0.6 is 0 Å². The van der Waals surface area contributed by atoms with Gasteiger partial charge in [-0.25, -0.2) is 0 Å². The molecule has 2 aromatic rings. The Morgan fingerprint density at radius 1 is 1.10 bits per heavy atom. The number of rotatable bonds is 2. The molecule has 5 heteroatoms. The minimum atomic E-state index is 0.101. The second-order valence-corrected chi connectivity index (χ2v) is 4.00. The predicted octanol–water partition coefficient (Wildman–Crippen LogP) is 2.47. The smallest absolute Gasteiger partial charge is 0.124 e. The highest BCUT2D eigenvalue weighted by atomic mass is 16.3. The summed E-state index contributed by atoms with van der Waals surface area (Å²) >= 11 is 0. The summed E-state index contributed by atoms with van der Waals surface area (Å²) in [6, 6.07) is 13.4. The van der Waals surface area contributed by atoms with Crippen LogP contribution < -0.4 is 5.73 Å². The first-order valence-corrected chi connectivity index (χ1v) is 5.71. The molecule has 0 aliphatic rings. The van der Waals surface area contributed by atoms with E-state index in [9.17, 15) is 5.11 Å². The van der Waals surface area contributed by atoms with Crippen molar-refractivity contribution in [1.29, 1.82) is 10.5 Å². The molecule has 0 aliphatic carbocycles. The number of aliphatic imine (C=N–C) groups is 1. The van der Waals surface area contributed by atoms with Crippen LogP contribution in [0.25, 0.3) is 0 Å². The normalized spacial score (nSPS) is 10.1. The summed E-state index contributed by atoms with van der Waals surface area (Å²) in [4.78, 5) is 4.15. The molecular formula is C15H10N4O. The lowest BCUT2D eigenvalue weighted by atomic mass is 10.1. The van der Waals surface area contributed by atoms with Gasteiger partial charge in [0.25, 0.3) is 0 Å². The molecule has 0 spiro atoms. The van der Waals surface area contributed by atoms with Crippen molar-refractivity contribution in [3.8, 4) is 17.9 Å². The van der Waals surface area contributed by atoms with Gasteiger partial charge in [0, 0.05) is 11.8 Å². The summed E-state index contributed by atoms with van der Waals surface area (Å²) in [7, 11) is 0. The molecule has 5 nitrogen and oxygen atoms in total.